The lowest BCUT2D eigenvalue weighted by molar-refractivity contribution is -0.136. The van der Waals surface area contributed by atoms with Crippen molar-refractivity contribution >= 4 is 34.2 Å². The summed E-state index contributed by atoms with van der Waals surface area (Å²) in [6.45, 7) is 2.91. The van der Waals surface area contributed by atoms with Crippen LogP contribution in [0.1, 0.15) is 19.3 Å². The van der Waals surface area contributed by atoms with E-state index < -0.39 is 0 Å². The molecule has 0 aliphatic carbocycles. The maximum Gasteiger partial charge on any atom is 0.260 e. The highest BCUT2D eigenvalue weighted by atomic mass is 79.9. The van der Waals surface area contributed by atoms with Crippen LogP contribution in [0.2, 0.25) is 0 Å². The quantitative estimate of drug-likeness (QED) is 0.706. The summed E-state index contributed by atoms with van der Waals surface area (Å²) in [5.74, 6) is 0.725. The molecule has 2 rings (SSSR count). The molecular formula is C16H24BrClN2O3. The summed E-state index contributed by atoms with van der Waals surface area (Å²) >= 11 is 3.38. The summed E-state index contributed by atoms with van der Waals surface area (Å²) in [7, 11) is 0. The van der Waals surface area contributed by atoms with Gasteiger partial charge in [-0.15, -0.1) is 12.4 Å². The lowest BCUT2D eigenvalue weighted by atomic mass is 10.1. The van der Waals surface area contributed by atoms with Crippen molar-refractivity contribution in [2.75, 3.05) is 32.8 Å². The molecule has 0 spiro atoms. The van der Waals surface area contributed by atoms with Crippen molar-refractivity contribution in [2.24, 2.45) is 5.73 Å². The lowest BCUT2D eigenvalue weighted by Crippen LogP contribution is -2.43. The molecule has 0 aromatic heterocycles. The molecule has 1 aliphatic heterocycles. The second kappa shape index (κ2) is 10.9. The number of nitrogens with zero attached hydrogens (tertiary/aromatic N) is 1. The Balaban J connectivity index is 0.00000264. The first-order chi connectivity index (χ1) is 10.7. The van der Waals surface area contributed by atoms with E-state index in [1.807, 2.05) is 29.2 Å². The molecule has 1 amide bonds. The van der Waals surface area contributed by atoms with Crippen LogP contribution in [0.4, 0.5) is 0 Å². The van der Waals surface area contributed by atoms with Gasteiger partial charge in [0.2, 0.25) is 0 Å². The molecule has 1 saturated heterocycles. The topological polar surface area (TPSA) is 64.8 Å². The monoisotopic (exact) mass is 406 g/mol. The number of halogens is 2. The van der Waals surface area contributed by atoms with Crippen LogP contribution >= 0.6 is 28.3 Å². The number of nitrogens with two attached hydrogens (primary N) is 1. The maximum absolute atomic E-state index is 12.2. The highest BCUT2D eigenvalue weighted by Gasteiger charge is 2.23. The van der Waals surface area contributed by atoms with E-state index in [-0.39, 0.29) is 31.0 Å². The van der Waals surface area contributed by atoms with Crippen molar-refractivity contribution in [2.45, 2.75) is 25.4 Å². The van der Waals surface area contributed by atoms with E-state index in [2.05, 4.69) is 15.9 Å². The van der Waals surface area contributed by atoms with Gasteiger partial charge in [-0.25, -0.2) is 0 Å². The van der Waals surface area contributed by atoms with Crippen molar-refractivity contribution in [1.82, 2.24) is 4.90 Å². The number of ether oxygens (including phenoxy) is 2. The van der Waals surface area contributed by atoms with Gasteiger partial charge in [0.1, 0.15) is 5.75 Å². The summed E-state index contributed by atoms with van der Waals surface area (Å²) in [4.78, 5) is 14.0. The van der Waals surface area contributed by atoms with Gasteiger partial charge in [0.25, 0.3) is 5.91 Å². The zero-order valence-corrected chi connectivity index (χ0v) is 15.5. The Kier molecular flexibility index (Phi) is 9.55. The highest BCUT2D eigenvalue weighted by molar-refractivity contribution is 9.10. The minimum Gasteiger partial charge on any atom is -0.484 e. The predicted octanol–water partition coefficient (Wildman–Crippen LogP) is 2.61. The fraction of sp³-hybridized carbons (Fsp3) is 0.562. The number of piperidine rings is 1. The molecule has 1 aliphatic rings. The van der Waals surface area contributed by atoms with Crippen LogP contribution < -0.4 is 10.5 Å². The maximum atomic E-state index is 12.2. The fourth-order valence-electron chi connectivity index (χ4n) is 2.40. The van der Waals surface area contributed by atoms with Crippen LogP contribution in [0.3, 0.4) is 0 Å². The molecule has 0 atom stereocenters. The SMILES string of the molecule is Cl.NCCCOC1CCN(C(=O)COc2cccc(Br)c2)CC1. The Labute approximate surface area is 152 Å². The molecule has 23 heavy (non-hydrogen) atoms. The minimum absolute atomic E-state index is 0. The van der Waals surface area contributed by atoms with Crippen LogP contribution in [0.5, 0.6) is 5.75 Å². The number of benzene rings is 1. The Hall–Kier alpha value is -0.820. The Morgan fingerprint density at radius 3 is 2.74 bits per heavy atom. The Bertz CT molecular complexity index is 482. The van der Waals surface area contributed by atoms with Crippen molar-refractivity contribution in [1.29, 1.82) is 0 Å². The summed E-state index contributed by atoms with van der Waals surface area (Å²) < 4.78 is 12.2. The molecule has 0 radical (unpaired) electrons. The Morgan fingerprint density at radius 1 is 1.35 bits per heavy atom. The van der Waals surface area contributed by atoms with Gasteiger partial charge < -0.3 is 20.1 Å². The van der Waals surface area contributed by atoms with E-state index in [0.29, 0.717) is 18.9 Å². The van der Waals surface area contributed by atoms with E-state index in [4.69, 9.17) is 15.2 Å². The zero-order valence-electron chi connectivity index (χ0n) is 13.1. The second-order valence-corrected chi connectivity index (χ2v) is 6.25. The molecule has 0 saturated carbocycles. The molecule has 1 heterocycles. The van der Waals surface area contributed by atoms with Crippen LogP contribution in [-0.4, -0.2) is 49.8 Å². The number of hydrogen-bond donors (Lipinski definition) is 1. The molecule has 130 valence electrons. The zero-order chi connectivity index (χ0) is 15.8. The van der Waals surface area contributed by atoms with Gasteiger partial charge in [-0.2, -0.15) is 0 Å². The van der Waals surface area contributed by atoms with Crippen LogP contribution in [0.25, 0.3) is 0 Å². The van der Waals surface area contributed by atoms with Gasteiger partial charge in [0.15, 0.2) is 6.61 Å². The molecule has 1 aromatic rings. The van der Waals surface area contributed by atoms with Crippen molar-refractivity contribution in [3.63, 3.8) is 0 Å². The normalized spacial score (nSPS) is 15.1. The first kappa shape index (κ1) is 20.2. The molecule has 0 unspecified atom stereocenters. The van der Waals surface area contributed by atoms with Crippen molar-refractivity contribution in [3.05, 3.63) is 28.7 Å². The largest absolute Gasteiger partial charge is 0.484 e. The highest BCUT2D eigenvalue weighted by Crippen LogP contribution is 2.18. The molecule has 1 aromatic carbocycles. The summed E-state index contributed by atoms with van der Waals surface area (Å²) in [6.07, 6.45) is 2.90. The van der Waals surface area contributed by atoms with Crippen molar-refractivity contribution in [3.8, 4) is 5.75 Å². The smallest absolute Gasteiger partial charge is 0.260 e. The van der Waals surface area contributed by atoms with Gasteiger partial charge in [-0.05, 0) is 44.0 Å². The molecular weight excluding hydrogens is 384 g/mol. The van der Waals surface area contributed by atoms with E-state index in [1.165, 1.54) is 0 Å². The number of amides is 1. The second-order valence-electron chi connectivity index (χ2n) is 5.34. The average molecular weight is 408 g/mol. The third-order valence-corrected chi connectivity index (χ3v) is 4.15. The van der Waals surface area contributed by atoms with Gasteiger partial charge in [0.05, 0.1) is 6.10 Å². The van der Waals surface area contributed by atoms with Crippen LogP contribution in [0, 0.1) is 0 Å². The number of rotatable bonds is 7. The first-order valence-corrected chi connectivity index (χ1v) is 8.46. The van der Waals surface area contributed by atoms with E-state index in [1.54, 1.807) is 0 Å². The lowest BCUT2D eigenvalue weighted by Gasteiger charge is -2.31. The van der Waals surface area contributed by atoms with Gasteiger partial charge in [0, 0.05) is 24.2 Å². The molecule has 0 bridgehead atoms. The van der Waals surface area contributed by atoms with Gasteiger partial charge in [-0.3, -0.25) is 4.79 Å². The molecule has 2 N–H and O–H groups in total. The Morgan fingerprint density at radius 2 is 2.09 bits per heavy atom. The third kappa shape index (κ3) is 7.08. The van der Waals surface area contributed by atoms with E-state index in [9.17, 15) is 4.79 Å². The fourth-order valence-corrected chi connectivity index (χ4v) is 2.78. The average Bonchev–Trinajstić information content (AvgIpc) is 2.54. The third-order valence-electron chi connectivity index (χ3n) is 3.66. The van der Waals surface area contributed by atoms with Gasteiger partial charge in [-0.1, -0.05) is 22.0 Å². The first-order valence-electron chi connectivity index (χ1n) is 7.67. The molecule has 7 heteroatoms. The van der Waals surface area contributed by atoms with Crippen LogP contribution in [0.15, 0.2) is 28.7 Å². The number of likely N-dealkylation sites (tertiary alicyclic amines) is 1. The van der Waals surface area contributed by atoms with Crippen molar-refractivity contribution < 1.29 is 14.3 Å². The summed E-state index contributed by atoms with van der Waals surface area (Å²) in [6, 6.07) is 7.50. The van der Waals surface area contributed by atoms with E-state index >= 15 is 0 Å². The molecule has 5 nitrogen and oxygen atoms in total. The predicted molar refractivity (Wildman–Crippen MR) is 96.1 cm³/mol. The van der Waals surface area contributed by atoms with Gasteiger partial charge >= 0.3 is 0 Å². The number of hydrogen-bond acceptors (Lipinski definition) is 4. The summed E-state index contributed by atoms with van der Waals surface area (Å²) in [5.41, 5.74) is 5.45. The molecule has 1 fully saturated rings. The standard InChI is InChI=1S/C16H23BrN2O3.ClH/c17-13-3-1-4-15(11-13)22-12-16(20)19-8-5-14(6-9-19)21-10-2-7-18;/h1,3-4,11,14H,2,5-10,12,18H2;1H. The number of carbonyl (C=O) groups is 1. The number of carbonyl (C=O) groups excluding carboxylic acids is 1. The van der Waals surface area contributed by atoms with Crippen LogP contribution in [-0.2, 0) is 9.53 Å². The summed E-state index contributed by atoms with van der Waals surface area (Å²) in [5, 5.41) is 0. The van der Waals surface area contributed by atoms with E-state index in [0.717, 1.165) is 36.8 Å². The minimum atomic E-state index is 0.